The van der Waals surface area contributed by atoms with Crippen molar-refractivity contribution in [3.05, 3.63) is 53.7 Å². The molecule has 1 saturated carbocycles. The van der Waals surface area contributed by atoms with Crippen LogP contribution in [-0.4, -0.2) is 72.8 Å². The number of benzene rings is 1. The fraction of sp³-hybridized carbons (Fsp3) is 0.455. The number of aromatic nitrogens is 1. The number of methoxy groups -OCH3 is 1. The first-order valence-corrected chi connectivity index (χ1v) is 10.2. The Balaban J connectivity index is 1.52. The average Bonchev–Trinajstić information content (AvgIpc) is 3.08. The molecule has 30 heavy (non-hydrogen) atoms. The number of amides is 1. The van der Waals surface area contributed by atoms with E-state index in [0.717, 1.165) is 24.5 Å². The van der Waals surface area contributed by atoms with Gasteiger partial charge in [-0.3, -0.25) is 4.79 Å². The number of morpholine rings is 1. The highest BCUT2D eigenvalue weighted by Crippen LogP contribution is 2.36. The van der Waals surface area contributed by atoms with Gasteiger partial charge in [-0.1, -0.05) is 18.2 Å². The molecule has 2 fully saturated rings. The monoisotopic (exact) mass is 413 g/mol. The van der Waals surface area contributed by atoms with Crippen LogP contribution >= 0.6 is 0 Å². The number of hydrogen-bond acceptors (Lipinski definition) is 7. The van der Waals surface area contributed by atoms with E-state index >= 15 is 0 Å². The van der Waals surface area contributed by atoms with Gasteiger partial charge in [-0.25, -0.2) is 4.98 Å². The first-order valence-electron chi connectivity index (χ1n) is 10.2. The van der Waals surface area contributed by atoms with Gasteiger partial charge in [0.05, 0.1) is 38.0 Å². The molecule has 4 rings (SSSR count). The van der Waals surface area contributed by atoms with Gasteiger partial charge >= 0.3 is 0 Å². The average molecular weight is 413 g/mol. The van der Waals surface area contributed by atoms with Crippen LogP contribution in [0.3, 0.4) is 0 Å². The van der Waals surface area contributed by atoms with Gasteiger partial charge in [-0.05, 0) is 30.2 Å². The summed E-state index contributed by atoms with van der Waals surface area (Å²) in [5.41, 5.74) is 1.25. The van der Waals surface area contributed by atoms with Crippen LogP contribution in [0.2, 0.25) is 0 Å². The van der Waals surface area contributed by atoms with Gasteiger partial charge in [-0.2, -0.15) is 0 Å². The second kappa shape index (κ2) is 8.99. The van der Waals surface area contributed by atoms with E-state index in [1.807, 2.05) is 12.1 Å². The Labute approximate surface area is 175 Å². The van der Waals surface area contributed by atoms with Gasteiger partial charge in [0.15, 0.2) is 0 Å². The topological polar surface area (TPSA) is 104 Å². The number of aliphatic hydroxyl groups excluding tert-OH is 2. The van der Waals surface area contributed by atoms with Crippen LogP contribution in [0.25, 0.3) is 0 Å². The molecule has 2 aromatic rings. The molecular formula is C22H27N3O5. The van der Waals surface area contributed by atoms with Crippen LogP contribution in [0.4, 0.5) is 5.82 Å². The zero-order valence-corrected chi connectivity index (χ0v) is 16.9. The third-order valence-corrected chi connectivity index (χ3v) is 5.87. The number of nitrogens with one attached hydrogen (secondary N) is 1. The number of ether oxygens (including phenoxy) is 2. The standard InChI is InChI=1S/C22H27N3O5/c1-29-18-5-3-2-4-15(18)22(28)24-20-16(12-17(26)21(20)27)14-6-7-19(23-13-14)25-8-10-30-11-9-25/h2-7,13,16-17,20-21,26-27H,8-12H2,1H3,(H,24,28). The molecule has 2 aliphatic rings. The third-order valence-electron chi connectivity index (χ3n) is 5.87. The largest absolute Gasteiger partial charge is 0.496 e. The fourth-order valence-electron chi connectivity index (χ4n) is 4.21. The van der Waals surface area contributed by atoms with Crippen molar-refractivity contribution in [3.63, 3.8) is 0 Å². The Morgan fingerprint density at radius 2 is 1.97 bits per heavy atom. The molecule has 160 valence electrons. The number of anilines is 1. The van der Waals surface area contributed by atoms with E-state index in [-0.39, 0.29) is 11.8 Å². The zero-order valence-electron chi connectivity index (χ0n) is 16.9. The molecule has 3 N–H and O–H groups in total. The third kappa shape index (κ3) is 4.12. The Morgan fingerprint density at radius 3 is 2.67 bits per heavy atom. The number of aliphatic hydroxyl groups is 2. The van der Waals surface area contributed by atoms with Crippen LogP contribution in [0.1, 0.15) is 28.3 Å². The molecule has 1 aromatic carbocycles. The highest BCUT2D eigenvalue weighted by Gasteiger charge is 2.43. The van der Waals surface area contributed by atoms with Gasteiger partial charge in [0.25, 0.3) is 5.91 Å². The first-order chi connectivity index (χ1) is 14.6. The van der Waals surface area contributed by atoms with E-state index in [4.69, 9.17) is 9.47 Å². The summed E-state index contributed by atoms with van der Waals surface area (Å²) in [4.78, 5) is 19.6. The molecule has 8 heteroatoms. The lowest BCUT2D eigenvalue weighted by Crippen LogP contribution is -2.45. The highest BCUT2D eigenvalue weighted by molar-refractivity contribution is 5.97. The maximum absolute atomic E-state index is 12.9. The number of para-hydroxylation sites is 1. The predicted octanol–water partition coefficient (Wildman–Crippen LogP) is 0.934. The van der Waals surface area contributed by atoms with E-state index in [1.165, 1.54) is 7.11 Å². The summed E-state index contributed by atoms with van der Waals surface area (Å²) >= 11 is 0. The van der Waals surface area contributed by atoms with E-state index in [1.54, 1.807) is 30.5 Å². The SMILES string of the molecule is COc1ccccc1C(=O)NC1C(c2ccc(N3CCOCC3)nc2)CC(O)C1O. The number of hydrogen-bond donors (Lipinski definition) is 3. The highest BCUT2D eigenvalue weighted by atomic mass is 16.5. The number of rotatable bonds is 5. The maximum atomic E-state index is 12.9. The second-order valence-corrected chi connectivity index (χ2v) is 7.65. The molecule has 8 nitrogen and oxygen atoms in total. The van der Waals surface area contributed by atoms with Gasteiger partial charge in [-0.15, -0.1) is 0 Å². The lowest BCUT2D eigenvalue weighted by atomic mass is 9.94. The minimum atomic E-state index is -1.06. The Hall–Kier alpha value is -2.68. The predicted molar refractivity (Wildman–Crippen MR) is 111 cm³/mol. The van der Waals surface area contributed by atoms with Crippen molar-refractivity contribution < 1.29 is 24.5 Å². The molecular weight excluding hydrogens is 386 g/mol. The van der Waals surface area contributed by atoms with Crippen molar-refractivity contribution in [2.45, 2.75) is 30.6 Å². The van der Waals surface area contributed by atoms with E-state index < -0.39 is 18.2 Å². The molecule has 4 atom stereocenters. The molecule has 1 aromatic heterocycles. The van der Waals surface area contributed by atoms with E-state index in [9.17, 15) is 15.0 Å². The van der Waals surface area contributed by atoms with E-state index in [0.29, 0.717) is 30.9 Å². The number of carbonyl (C=O) groups excluding carboxylic acids is 1. The summed E-state index contributed by atoms with van der Waals surface area (Å²) in [6.07, 6.45) is 0.128. The fourth-order valence-corrected chi connectivity index (χ4v) is 4.21. The summed E-state index contributed by atoms with van der Waals surface area (Å²) in [6, 6.07) is 10.2. The Bertz CT molecular complexity index is 869. The number of nitrogens with zero attached hydrogens (tertiary/aromatic N) is 2. The van der Waals surface area contributed by atoms with Crippen LogP contribution < -0.4 is 15.0 Å². The molecule has 1 saturated heterocycles. The summed E-state index contributed by atoms with van der Waals surface area (Å²) in [5, 5.41) is 23.7. The number of carbonyl (C=O) groups is 1. The van der Waals surface area contributed by atoms with Gasteiger partial charge in [0.2, 0.25) is 0 Å². The van der Waals surface area contributed by atoms with Gasteiger partial charge < -0.3 is 29.9 Å². The summed E-state index contributed by atoms with van der Waals surface area (Å²) < 4.78 is 10.6. The molecule has 0 bridgehead atoms. The quantitative estimate of drug-likeness (QED) is 0.670. The molecule has 1 aliphatic heterocycles. The molecule has 2 heterocycles. The lowest BCUT2D eigenvalue weighted by Gasteiger charge is -2.28. The normalized spacial score (nSPS) is 26.4. The Kier molecular flexibility index (Phi) is 6.17. The zero-order chi connectivity index (χ0) is 21.1. The molecule has 1 aliphatic carbocycles. The van der Waals surface area contributed by atoms with Gasteiger partial charge in [0.1, 0.15) is 17.7 Å². The van der Waals surface area contributed by atoms with Crippen molar-refractivity contribution >= 4 is 11.7 Å². The van der Waals surface area contributed by atoms with Gasteiger partial charge in [0, 0.05) is 25.2 Å². The molecule has 4 unspecified atom stereocenters. The maximum Gasteiger partial charge on any atom is 0.255 e. The number of pyridine rings is 1. The van der Waals surface area contributed by atoms with Crippen molar-refractivity contribution in [2.75, 3.05) is 38.3 Å². The molecule has 0 spiro atoms. The summed E-state index contributed by atoms with van der Waals surface area (Å²) in [5.74, 6) is 0.722. The Morgan fingerprint density at radius 1 is 1.20 bits per heavy atom. The second-order valence-electron chi connectivity index (χ2n) is 7.65. The van der Waals surface area contributed by atoms with Crippen molar-refractivity contribution in [1.82, 2.24) is 10.3 Å². The first kappa shape index (κ1) is 20.6. The minimum Gasteiger partial charge on any atom is -0.496 e. The minimum absolute atomic E-state index is 0.250. The van der Waals surface area contributed by atoms with E-state index in [2.05, 4.69) is 15.2 Å². The molecule has 1 amide bonds. The summed E-state index contributed by atoms with van der Waals surface area (Å²) in [7, 11) is 1.50. The smallest absolute Gasteiger partial charge is 0.255 e. The summed E-state index contributed by atoms with van der Waals surface area (Å²) in [6.45, 7) is 2.96. The van der Waals surface area contributed by atoms with Crippen LogP contribution in [0.15, 0.2) is 42.6 Å². The van der Waals surface area contributed by atoms with Crippen LogP contribution in [0.5, 0.6) is 5.75 Å². The van der Waals surface area contributed by atoms with Crippen LogP contribution in [0, 0.1) is 0 Å². The van der Waals surface area contributed by atoms with Crippen molar-refractivity contribution in [1.29, 1.82) is 0 Å². The van der Waals surface area contributed by atoms with Crippen molar-refractivity contribution in [3.8, 4) is 5.75 Å². The lowest BCUT2D eigenvalue weighted by molar-refractivity contribution is 0.0294. The van der Waals surface area contributed by atoms with Crippen LogP contribution in [-0.2, 0) is 4.74 Å². The molecule has 0 radical (unpaired) electrons. The van der Waals surface area contributed by atoms with Crippen molar-refractivity contribution in [2.24, 2.45) is 0 Å².